The second kappa shape index (κ2) is 7.53. The van der Waals surface area contributed by atoms with Crippen molar-refractivity contribution in [3.63, 3.8) is 0 Å². The second-order valence-corrected chi connectivity index (χ2v) is 5.42. The van der Waals surface area contributed by atoms with E-state index in [1.165, 1.54) is 18.2 Å². The van der Waals surface area contributed by atoms with Crippen LogP contribution in [0.3, 0.4) is 0 Å². The molecule has 1 atom stereocenters. The molecule has 0 saturated carbocycles. The fraction of sp³-hybridized carbons (Fsp3) is 0.294. The van der Waals surface area contributed by atoms with Crippen molar-refractivity contribution in [1.29, 1.82) is 0 Å². The van der Waals surface area contributed by atoms with Crippen LogP contribution < -0.4 is 5.32 Å². The molecule has 1 N–H and O–H groups in total. The van der Waals surface area contributed by atoms with E-state index < -0.39 is 5.82 Å². The minimum atomic E-state index is -0.427. The predicted molar refractivity (Wildman–Crippen MR) is 82.5 cm³/mol. The van der Waals surface area contributed by atoms with Gasteiger partial charge in [-0.1, -0.05) is 36.7 Å². The summed E-state index contributed by atoms with van der Waals surface area (Å²) in [5.41, 5.74) is 1.79. The summed E-state index contributed by atoms with van der Waals surface area (Å²) in [5, 5.41) is 3.50. The molecule has 0 aromatic heterocycles. The first-order valence-electron chi connectivity index (χ1n) is 7.03. The van der Waals surface area contributed by atoms with Crippen molar-refractivity contribution < 1.29 is 8.78 Å². The normalized spacial score (nSPS) is 12.4. The first-order chi connectivity index (χ1) is 10.1. The van der Waals surface area contributed by atoms with E-state index in [-0.39, 0.29) is 16.9 Å². The fourth-order valence-electron chi connectivity index (χ4n) is 2.25. The van der Waals surface area contributed by atoms with Gasteiger partial charge in [0, 0.05) is 6.04 Å². The summed E-state index contributed by atoms with van der Waals surface area (Å²) in [5.74, 6) is -0.683. The lowest BCUT2D eigenvalue weighted by atomic mass is 9.98. The monoisotopic (exact) mass is 309 g/mol. The van der Waals surface area contributed by atoms with E-state index in [1.807, 2.05) is 6.07 Å². The molecule has 0 saturated heterocycles. The van der Waals surface area contributed by atoms with Crippen molar-refractivity contribution in [3.05, 3.63) is 70.2 Å². The summed E-state index contributed by atoms with van der Waals surface area (Å²) in [6.07, 6.45) is 1.61. The van der Waals surface area contributed by atoms with Crippen LogP contribution in [0.15, 0.2) is 42.5 Å². The van der Waals surface area contributed by atoms with Gasteiger partial charge in [-0.15, -0.1) is 0 Å². The Hall–Kier alpha value is -1.45. The van der Waals surface area contributed by atoms with Crippen LogP contribution in [0.4, 0.5) is 8.78 Å². The average Bonchev–Trinajstić information content (AvgIpc) is 2.47. The Kier molecular flexibility index (Phi) is 5.71. The Labute approximate surface area is 128 Å². The summed E-state index contributed by atoms with van der Waals surface area (Å²) < 4.78 is 26.6. The quantitative estimate of drug-likeness (QED) is 0.800. The van der Waals surface area contributed by atoms with Crippen LogP contribution in [-0.2, 0) is 6.42 Å². The molecule has 2 rings (SSSR count). The van der Waals surface area contributed by atoms with Crippen molar-refractivity contribution in [1.82, 2.24) is 5.32 Å². The maximum absolute atomic E-state index is 13.4. The topological polar surface area (TPSA) is 12.0 Å². The molecule has 112 valence electrons. The van der Waals surface area contributed by atoms with E-state index in [1.54, 1.807) is 18.2 Å². The minimum Gasteiger partial charge on any atom is -0.310 e. The van der Waals surface area contributed by atoms with Crippen molar-refractivity contribution >= 4 is 11.6 Å². The SMILES string of the molecule is CCCNC(Cc1ccc(F)c(Cl)c1)c1cccc(F)c1. The summed E-state index contributed by atoms with van der Waals surface area (Å²) >= 11 is 5.82. The van der Waals surface area contributed by atoms with Gasteiger partial charge in [-0.05, 0) is 54.8 Å². The molecule has 2 aromatic rings. The Morgan fingerprint density at radius 3 is 2.62 bits per heavy atom. The molecule has 0 heterocycles. The lowest BCUT2D eigenvalue weighted by molar-refractivity contribution is 0.523. The van der Waals surface area contributed by atoms with Gasteiger partial charge < -0.3 is 5.32 Å². The highest BCUT2D eigenvalue weighted by Crippen LogP contribution is 2.23. The average molecular weight is 310 g/mol. The smallest absolute Gasteiger partial charge is 0.141 e. The molecule has 0 aliphatic rings. The molecule has 0 aliphatic carbocycles. The molecule has 0 aliphatic heterocycles. The molecule has 1 unspecified atom stereocenters. The molecule has 1 nitrogen and oxygen atoms in total. The third-order valence-electron chi connectivity index (χ3n) is 3.32. The van der Waals surface area contributed by atoms with E-state index in [4.69, 9.17) is 11.6 Å². The zero-order chi connectivity index (χ0) is 15.2. The maximum atomic E-state index is 13.4. The fourth-order valence-corrected chi connectivity index (χ4v) is 2.46. The molecule has 0 amide bonds. The molecule has 2 aromatic carbocycles. The van der Waals surface area contributed by atoms with Gasteiger partial charge >= 0.3 is 0 Å². The van der Waals surface area contributed by atoms with Gasteiger partial charge in [-0.25, -0.2) is 8.78 Å². The zero-order valence-corrected chi connectivity index (χ0v) is 12.6. The number of hydrogen-bond acceptors (Lipinski definition) is 1. The molecule has 0 bridgehead atoms. The van der Waals surface area contributed by atoms with Gasteiger partial charge in [0.2, 0.25) is 0 Å². The van der Waals surface area contributed by atoms with E-state index >= 15 is 0 Å². The van der Waals surface area contributed by atoms with Crippen LogP contribution in [0.1, 0.15) is 30.5 Å². The Morgan fingerprint density at radius 2 is 1.95 bits per heavy atom. The first-order valence-corrected chi connectivity index (χ1v) is 7.40. The van der Waals surface area contributed by atoms with E-state index in [0.29, 0.717) is 6.42 Å². The molecule has 0 radical (unpaired) electrons. The predicted octanol–water partition coefficient (Wildman–Crippen LogP) is 4.90. The van der Waals surface area contributed by atoms with Crippen molar-refractivity contribution in [2.45, 2.75) is 25.8 Å². The second-order valence-electron chi connectivity index (χ2n) is 5.01. The molecular formula is C17H18ClF2N. The zero-order valence-electron chi connectivity index (χ0n) is 11.9. The number of nitrogens with one attached hydrogen (secondary N) is 1. The van der Waals surface area contributed by atoms with Gasteiger partial charge in [0.15, 0.2) is 0 Å². The number of hydrogen-bond donors (Lipinski definition) is 1. The Balaban J connectivity index is 2.21. The van der Waals surface area contributed by atoms with Crippen LogP contribution in [0.25, 0.3) is 0 Å². The highest BCUT2D eigenvalue weighted by molar-refractivity contribution is 6.30. The van der Waals surface area contributed by atoms with E-state index in [9.17, 15) is 8.78 Å². The molecule has 0 fully saturated rings. The van der Waals surface area contributed by atoms with Gasteiger partial charge in [0.25, 0.3) is 0 Å². The summed E-state index contributed by atoms with van der Waals surface area (Å²) in [6.45, 7) is 2.90. The van der Waals surface area contributed by atoms with Crippen molar-refractivity contribution in [3.8, 4) is 0 Å². The highest BCUT2D eigenvalue weighted by atomic mass is 35.5. The van der Waals surface area contributed by atoms with E-state index in [0.717, 1.165) is 24.1 Å². The van der Waals surface area contributed by atoms with Crippen molar-refractivity contribution in [2.24, 2.45) is 0 Å². The van der Waals surface area contributed by atoms with Crippen LogP contribution >= 0.6 is 11.6 Å². The number of rotatable bonds is 6. The molecule has 4 heteroatoms. The standard InChI is InChI=1S/C17H18ClF2N/c1-2-8-21-17(13-4-3-5-14(19)11-13)10-12-6-7-16(20)15(18)9-12/h3-7,9,11,17,21H,2,8,10H2,1H3. The lowest BCUT2D eigenvalue weighted by Crippen LogP contribution is -2.24. The third-order valence-corrected chi connectivity index (χ3v) is 3.61. The lowest BCUT2D eigenvalue weighted by Gasteiger charge is -2.19. The number of halogens is 3. The van der Waals surface area contributed by atoms with Crippen LogP contribution in [-0.4, -0.2) is 6.54 Å². The maximum Gasteiger partial charge on any atom is 0.141 e. The van der Waals surface area contributed by atoms with Gasteiger partial charge in [-0.3, -0.25) is 0 Å². The first kappa shape index (κ1) is 15.9. The summed E-state index contributed by atoms with van der Waals surface area (Å²) in [4.78, 5) is 0. The van der Waals surface area contributed by atoms with Crippen LogP contribution in [0.2, 0.25) is 5.02 Å². The van der Waals surface area contributed by atoms with Gasteiger partial charge in [0.05, 0.1) is 5.02 Å². The third kappa shape index (κ3) is 4.51. The Morgan fingerprint density at radius 1 is 1.14 bits per heavy atom. The highest BCUT2D eigenvalue weighted by Gasteiger charge is 2.13. The summed E-state index contributed by atoms with van der Waals surface area (Å²) in [7, 11) is 0. The minimum absolute atomic E-state index is 0.0258. The molecular weight excluding hydrogens is 292 g/mol. The van der Waals surface area contributed by atoms with Crippen molar-refractivity contribution in [2.75, 3.05) is 6.54 Å². The van der Waals surface area contributed by atoms with Crippen LogP contribution in [0.5, 0.6) is 0 Å². The Bertz CT molecular complexity index is 601. The van der Waals surface area contributed by atoms with Gasteiger partial charge in [0.1, 0.15) is 11.6 Å². The van der Waals surface area contributed by atoms with Gasteiger partial charge in [-0.2, -0.15) is 0 Å². The molecule has 21 heavy (non-hydrogen) atoms. The van der Waals surface area contributed by atoms with Crippen LogP contribution in [0, 0.1) is 11.6 Å². The van der Waals surface area contributed by atoms with E-state index in [2.05, 4.69) is 12.2 Å². The summed E-state index contributed by atoms with van der Waals surface area (Å²) in [6, 6.07) is 11.2. The molecule has 0 spiro atoms. The largest absolute Gasteiger partial charge is 0.310 e. The number of benzene rings is 2.